The molecule has 1 amide bonds. The number of anilines is 1. The van der Waals surface area contributed by atoms with Crippen LogP contribution in [0.4, 0.5) is 5.69 Å². The van der Waals surface area contributed by atoms with Gasteiger partial charge in [-0.25, -0.2) is 0 Å². The Labute approximate surface area is 149 Å². The van der Waals surface area contributed by atoms with Gasteiger partial charge in [0.05, 0.1) is 6.61 Å². The topological polar surface area (TPSA) is 74.8 Å². The van der Waals surface area contributed by atoms with E-state index in [-0.39, 0.29) is 29.9 Å². The number of hydrogen-bond acceptors (Lipinski definition) is 3. The number of hydrogen-bond donors (Lipinski definition) is 3. The van der Waals surface area contributed by atoms with Gasteiger partial charge in [0.2, 0.25) is 5.91 Å². The van der Waals surface area contributed by atoms with E-state index in [9.17, 15) is 4.79 Å². The summed E-state index contributed by atoms with van der Waals surface area (Å²) in [5.74, 6) is 0.706. The smallest absolute Gasteiger partial charge is 0.221 e. The van der Waals surface area contributed by atoms with E-state index in [0.29, 0.717) is 6.61 Å². The molecule has 1 rings (SSSR count). The molecule has 0 atom stereocenters. The molecule has 0 radical (unpaired) electrons. The molecule has 1 aromatic rings. The lowest BCUT2D eigenvalue weighted by Crippen LogP contribution is -2.39. The van der Waals surface area contributed by atoms with Crippen LogP contribution in [-0.4, -0.2) is 45.7 Å². The van der Waals surface area contributed by atoms with Gasteiger partial charge < -0.3 is 20.7 Å². The van der Waals surface area contributed by atoms with E-state index in [4.69, 9.17) is 4.74 Å². The van der Waals surface area contributed by atoms with E-state index in [1.807, 2.05) is 24.3 Å². The molecule has 0 aromatic heterocycles. The SMILES string of the molecule is CN=C(NCCOC)NCCc1ccc(NC(C)=O)cc1.I. The van der Waals surface area contributed by atoms with E-state index >= 15 is 0 Å². The highest BCUT2D eigenvalue weighted by atomic mass is 127. The van der Waals surface area contributed by atoms with Gasteiger partial charge >= 0.3 is 0 Å². The van der Waals surface area contributed by atoms with Crippen molar-refractivity contribution in [1.29, 1.82) is 0 Å². The highest BCUT2D eigenvalue weighted by Crippen LogP contribution is 2.09. The minimum absolute atomic E-state index is 0. The summed E-state index contributed by atoms with van der Waals surface area (Å²) < 4.78 is 4.97. The van der Waals surface area contributed by atoms with E-state index in [1.165, 1.54) is 12.5 Å². The molecule has 0 unspecified atom stereocenters. The van der Waals surface area contributed by atoms with Crippen molar-refractivity contribution in [3.63, 3.8) is 0 Å². The summed E-state index contributed by atoms with van der Waals surface area (Å²) in [7, 11) is 3.41. The van der Waals surface area contributed by atoms with Gasteiger partial charge in [-0.3, -0.25) is 9.79 Å². The van der Waals surface area contributed by atoms with Gasteiger partial charge in [-0.05, 0) is 24.1 Å². The largest absolute Gasteiger partial charge is 0.383 e. The molecular weight excluding hydrogens is 395 g/mol. The van der Waals surface area contributed by atoms with Gasteiger partial charge in [0.15, 0.2) is 5.96 Å². The van der Waals surface area contributed by atoms with Crippen LogP contribution in [0.15, 0.2) is 29.3 Å². The summed E-state index contributed by atoms with van der Waals surface area (Å²) in [4.78, 5) is 15.1. The Morgan fingerprint density at radius 3 is 2.36 bits per heavy atom. The first-order valence-electron chi connectivity index (χ1n) is 6.95. The third-order valence-corrected chi connectivity index (χ3v) is 2.80. The minimum atomic E-state index is -0.0599. The number of ether oxygens (including phenoxy) is 1. The average molecular weight is 420 g/mol. The number of aliphatic imine (C=N–C) groups is 1. The predicted octanol–water partition coefficient (Wildman–Crippen LogP) is 1.62. The average Bonchev–Trinajstić information content (AvgIpc) is 2.47. The third kappa shape index (κ3) is 8.83. The summed E-state index contributed by atoms with van der Waals surface area (Å²) in [5.41, 5.74) is 2.01. The molecular formula is C15H25IN4O2. The molecule has 6 nitrogen and oxygen atoms in total. The Balaban J connectivity index is 0.00000441. The summed E-state index contributed by atoms with van der Waals surface area (Å²) in [6.07, 6.45) is 0.880. The maximum absolute atomic E-state index is 10.9. The van der Waals surface area contributed by atoms with E-state index in [2.05, 4.69) is 20.9 Å². The Morgan fingerprint density at radius 2 is 1.82 bits per heavy atom. The second-order valence-electron chi connectivity index (χ2n) is 4.55. The third-order valence-electron chi connectivity index (χ3n) is 2.80. The van der Waals surface area contributed by atoms with Gasteiger partial charge in [0, 0.05) is 39.9 Å². The highest BCUT2D eigenvalue weighted by Gasteiger charge is 1.99. The number of rotatable bonds is 7. The first-order valence-corrected chi connectivity index (χ1v) is 6.95. The van der Waals surface area contributed by atoms with E-state index in [0.717, 1.165) is 31.2 Å². The van der Waals surface area contributed by atoms with E-state index < -0.39 is 0 Å². The molecule has 0 saturated heterocycles. The van der Waals surface area contributed by atoms with Gasteiger partial charge in [0.1, 0.15) is 0 Å². The Bertz CT molecular complexity index is 463. The molecule has 0 aliphatic heterocycles. The number of carbonyl (C=O) groups excluding carboxylic acids is 1. The first kappa shape index (κ1) is 20.6. The van der Waals surface area contributed by atoms with E-state index in [1.54, 1.807) is 14.2 Å². The normalized spacial score (nSPS) is 10.6. The number of guanidine groups is 1. The van der Waals surface area contributed by atoms with Crippen molar-refractivity contribution in [2.45, 2.75) is 13.3 Å². The second kappa shape index (κ2) is 12.2. The lowest BCUT2D eigenvalue weighted by molar-refractivity contribution is -0.114. The molecule has 3 N–H and O–H groups in total. The van der Waals surface area contributed by atoms with Crippen LogP contribution in [0.2, 0.25) is 0 Å². The number of halogens is 1. The van der Waals surface area contributed by atoms with Crippen LogP contribution < -0.4 is 16.0 Å². The number of benzene rings is 1. The fraction of sp³-hybridized carbons (Fsp3) is 0.467. The summed E-state index contributed by atoms with van der Waals surface area (Å²) in [6, 6.07) is 7.83. The zero-order valence-corrected chi connectivity index (χ0v) is 15.6. The fourth-order valence-electron chi connectivity index (χ4n) is 1.78. The zero-order chi connectivity index (χ0) is 15.5. The molecule has 0 bridgehead atoms. The van der Waals surface area contributed by atoms with Crippen LogP contribution in [0.3, 0.4) is 0 Å². The molecule has 0 aliphatic rings. The van der Waals surface area contributed by atoms with Crippen LogP contribution in [0.5, 0.6) is 0 Å². The van der Waals surface area contributed by atoms with Crippen molar-refractivity contribution in [3.05, 3.63) is 29.8 Å². The summed E-state index contributed by atoms with van der Waals surface area (Å²) in [5, 5.41) is 9.14. The molecule has 0 aliphatic carbocycles. The highest BCUT2D eigenvalue weighted by molar-refractivity contribution is 14.0. The molecule has 7 heteroatoms. The second-order valence-corrected chi connectivity index (χ2v) is 4.55. The zero-order valence-electron chi connectivity index (χ0n) is 13.3. The van der Waals surface area contributed by atoms with Crippen molar-refractivity contribution in [1.82, 2.24) is 10.6 Å². The lowest BCUT2D eigenvalue weighted by Gasteiger charge is -2.11. The molecule has 22 heavy (non-hydrogen) atoms. The maximum Gasteiger partial charge on any atom is 0.221 e. The van der Waals surface area contributed by atoms with Gasteiger partial charge in [-0.1, -0.05) is 12.1 Å². The number of methoxy groups -OCH3 is 1. The molecule has 0 heterocycles. The Hall–Kier alpha value is -1.35. The van der Waals surface area contributed by atoms with Gasteiger partial charge in [-0.15, -0.1) is 24.0 Å². The van der Waals surface area contributed by atoms with Crippen LogP contribution >= 0.6 is 24.0 Å². The number of nitrogens with one attached hydrogen (secondary N) is 3. The van der Waals surface area contributed by atoms with Gasteiger partial charge in [0.25, 0.3) is 0 Å². The van der Waals surface area contributed by atoms with Crippen LogP contribution in [0.25, 0.3) is 0 Å². The molecule has 1 aromatic carbocycles. The van der Waals surface area contributed by atoms with Crippen molar-refractivity contribution in [3.8, 4) is 0 Å². The number of nitrogens with zero attached hydrogens (tertiary/aromatic N) is 1. The van der Waals surface area contributed by atoms with Gasteiger partial charge in [-0.2, -0.15) is 0 Å². The van der Waals surface area contributed by atoms with Crippen molar-refractivity contribution >= 4 is 41.5 Å². The molecule has 0 spiro atoms. The van der Waals surface area contributed by atoms with Crippen LogP contribution in [-0.2, 0) is 16.0 Å². The quantitative estimate of drug-likeness (QED) is 0.271. The van der Waals surface area contributed by atoms with Crippen molar-refractivity contribution in [2.24, 2.45) is 4.99 Å². The summed E-state index contributed by atoms with van der Waals surface area (Å²) in [6.45, 7) is 3.65. The predicted molar refractivity (Wildman–Crippen MR) is 101 cm³/mol. The Morgan fingerprint density at radius 1 is 1.18 bits per heavy atom. The lowest BCUT2D eigenvalue weighted by atomic mass is 10.1. The standard InChI is InChI=1S/C15H24N4O2.HI/c1-12(20)19-14-6-4-13(5-7-14)8-9-17-15(16-2)18-10-11-21-3;/h4-7H,8-11H2,1-3H3,(H,19,20)(H2,16,17,18);1H. The fourth-order valence-corrected chi connectivity index (χ4v) is 1.78. The molecule has 0 fully saturated rings. The minimum Gasteiger partial charge on any atom is -0.383 e. The molecule has 0 saturated carbocycles. The summed E-state index contributed by atoms with van der Waals surface area (Å²) >= 11 is 0. The monoisotopic (exact) mass is 420 g/mol. The van der Waals surface area contributed by atoms with Crippen molar-refractivity contribution in [2.75, 3.05) is 39.2 Å². The number of amides is 1. The maximum atomic E-state index is 10.9. The Kier molecular flexibility index (Phi) is 11.5. The van der Waals surface area contributed by atoms with Crippen LogP contribution in [0.1, 0.15) is 12.5 Å². The molecule has 124 valence electrons. The number of carbonyl (C=O) groups is 1. The first-order chi connectivity index (χ1) is 10.2. The van der Waals surface area contributed by atoms with Crippen LogP contribution in [0, 0.1) is 0 Å². The van der Waals surface area contributed by atoms with Crippen molar-refractivity contribution < 1.29 is 9.53 Å².